The molecule has 0 spiro atoms. The normalized spacial score (nSPS) is 23.7. The van der Waals surface area contributed by atoms with Gasteiger partial charge in [-0.3, -0.25) is 4.90 Å². The Labute approximate surface area is 123 Å². The van der Waals surface area contributed by atoms with E-state index in [1.807, 2.05) is 0 Å². The summed E-state index contributed by atoms with van der Waals surface area (Å²) in [4.78, 5) is 2.14. The summed E-state index contributed by atoms with van der Waals surface area (Å²) in [5.74, 6) is 0.641. The molecule has 0 radical (unpaired) electrons. The van der Waals surface area contributed by atoms with Crippen LogP contribution in [0, 0.1) is 11.3 Å². The Morgan fingerprint density at radius 2 is 1.95 bits per heavy atom. The first-order chi connectivity index (χ1) is 9.62. The number of nitrogens with one attached hydrogen (secondary N) is 1. The first-order valence-electron chi connectivity index (χ1n) is 7.84. The van der Waals surface area contributed by atoms with Crippen molar-refractivity contribution in [2.24, 2.45) is 11.3 Å². The van der Waals surface area contributed by atoms with E-state index < -0.39 is 0 Å². The highest BCUT2D eigenvalue weighted by atomic mass is 16.5. The third-order valence-electron chi connectivity index (χ3n) is 3.85. The van der Waals surface area contributed by atoms with Crippen LogP contribution in [0.3, 0.4) is 0 Å². The number of aliphatic hydroxyl groups is 2. The maximum Gasteiger partial charge on any atom is 0.0558 e. The molecule has 5 heteroatoms. The van der Waals surface area contributed by atoms with Crippen molar-refractivity contribution in [2.45, 2.75) is 26.7 Å². The van der Waals surface area contributed by atoms with E-state index in [-0.39, 0.29) is 18.6 Å². The molecule has 0 aromatic heterocycles. The summed E-state index contributed by atoms with van der Waals surface area (Å²) in [6.07, 6.45) is 2.24. The van der Waals surface area contributed by atoms with Gasteiger partial charge in [0.2, 0.25) is 0 Å². The van der Waals surface area contributed by atoms with Gasteiger partial charge in [-0.1, -0.05) is 13.8 Å². The van der Waals surface area contributed by atoms with E-state index in [2.05, 4.69) is 24.1 Å². The fourth-order valence-corrected chi connectivity index (χ4v) is 2.88. The van der Waals surface area contributed by atoms with Crippen LogP contribution >= 0.6 is 0 Å². The zero-order chi connectivity index (χ0) is 14.8. The first-order valence-corrected chi connectivity index (χ1v) is 7.84. The summed E-state index contributed by atoms with van der Waals surface area (Å²) in [6.45, 7) is 10.4. The van der Waals surface area contributed by atoms with Gasteiger partial charge in [-0.25, -0.2) is 0 Å². The van der Waals surface area contributed by atoms with Gasteiger partial charge in [-0.05, 0) is 25.3 Å². The average Bonchev–Trinajstić information content (AvgIpc) is 2.40. The van der Waals surface area contributed by atoms with Gasteiger partial charge in [0.25, 0.3) is 0 Å². The predicted octanol–water partition coefficient (Wildman–Crippen LogP) is 0.315. The van der Waals surface area contributed by atoms with Gasteiger partial charge in [0.15, 0.2) is 0 Å². The summed E-state index contributed by atoms with van der Waals surface area (Å²) in [5, 5.41) is 21.9. The Morgan fingerprint density at radius 1 is 1.25 bits per heavy atom. The van der Waals surface area contributed by atoms with Crippen molar-refractivity contribution in [3.63, 3.8) is 0 Å². The van der Waals surface area contributed by atoms with E-state index in [4.69, 9.17) is 14.9 Å². The highest BCUT2D eigenvalue weighted by Gasteiger charge is 2.34. The Kier molecular flexibility index (Phi) is 8.64. The van der Waals surface area contributed by atoms with Gasteiger partial charge >= 0.3 is 0 Å². The van der Waals surface area contributed by atoms with E-state index in [1.54, 1.807) is 0 Å². The van der Waals surface area contributed by atoms with E-state index in [0.717, 1.165) is 45.7 Å². The number of hydrogen-bond acceptors (Lipinski definition) is 5. The first kappa shape index (κ1) is 17.9. The van der Waals surface area contributed by atoms with Gasteiger partial charge in [0.05, 0.1) is 19.8 Å². The molecule has 1 aliphatic heterocycles. The SMILES string of the molecule is CC(C)CNCC1(CN(CCO)CCO)CCCOC1. The maximum absolute atomic E-state index is 9.16. The second-order valence-electron chi connectivity index (χ2n) is 6.40. The lowest BCUT2D eigenvalue weighted by molar-refractivity contribution is -0.0300. The number of aliphatic hydroxyl groups excluding tert-OH is 2. The molecule has 1 unspecified atom stereocenters. The highest BCUT2D eigenvalue weighted by Crippen LogP contribution is 2.29. The van der Waals surface area contributed by atoms with Crippen LogP contribution < -0.4 is 5.32 Å². The van der Waals surface area contributed by atoms with Gasteiger partial charge in [-0.15, -0.1) is 0 Å². The van der Waals surface area contributed by atoms with Gasteiger partial charge in [0.1, 0.15) is 0 Å². The van der Waals surface area contributed by atoms with Crippen LogP contribution in [0.2, 0.25) is 0 Å². The number of nitrogens with zero attached hydrogens (tertiary/aromatic N) is 1. The lowest BCUT2D eigenvalue weighted by Gasteiger charge is -2.41. The molecule has 120 valence electrons. The monoisotopic (exact) mass is 288 g/mol. The van der Waals surface area contributed by atoms with E-state index >= 15 is 0 Å². The van der Waals surface area contributed by atoms with Crippen LogP contribution in [0.15, 0.2) is 0 Å². The molecule has 0 bridgehead atoms. The zero-order valence-electron chi connectivity index (χ0n) is 13.1. The van der Waals surface area contributed by atoms with Crippen LogP contribution in [0.25, 0.3) is 0 Å². The van der Waals surface area contributed by atoms with Crippen LogP contribution in [-0.4, -0.2) is 74.3 Å². The fraction of sp³-hybridized carbons (Fsp3) is 1.00. The van der Waals surface area contributed by atoms with Gasteiger partial charge in [-0.2, -0.15) is 0 Å². The van der Waals surface area contributed by atoms with Gasteiger partial charge < -0.3 is 20.3 Å². The Balaban J connectivity index is 2.56. The Morgan fingerprint density at radius 3 is 2.45 bits per heavy atom. The van der Waals surface area contributed by atoms with Crippen molar-refractivity contribution in [1.29, 1.82) is 0 Å². The van der Waals surface area contributed by atoms with Crippen molar-refractivity contribution >= 4 is 0 Å². The molecule has 1 rings (SSSR count). The number of ether oxygens (including phenoxy) is 1. The van der Waals surface area contributed by atoms with Crippen molar-refractivity contribution in [3.8, 4) is 0 Å². The number of hydrogen-bond donors (Lipinski definition) is 3. The van der Waals surface area contributed by atoms with Gasteiger partial charge in [0, 0.05) is 38.2 Å². The molecule has 0 aromatic carbocycles. The molecular formula is C15H32N2O3. The van der Waals surface area contributed by atoms with Crippen molar-refractivity contribution in [3.05, 3.63) is 0 Å². The van der Waals surface area contributed by atoms with Crippen molar-refractivity contribution in [1.82, 2.24) is 10.2 Å². The molecule has 1 saturated heterocycles. The Bertz CT molecular complexity index is 237. The molecule has 5 nitrogen and oxygen atoms in total. The number of rotatable bonds is 10. The van der Waals surface area contributed by atoms with Crippen molar-refractivity contribution in [2.75, 3.05) is 59.2 Å². The summed E-state index contributed by atoms with van der Waals surface area (Å²) < 4.78 is 5.71. The van der Waals surface area contributed by atoms with E-state index in [0.29, 0.717) is 19.0 Å². The third-order valence-corrected chi connectivity index (χ3v) is 3.85. The van der Waals surface area contributed by atoms with Crippen LogP contribution in [0.5, 0.6) is 0 Å². The smallest absolute Gasteiger partial charge is 0.0558 e. The molecule has 0 amide bonds. The predicted molar refractivity (Wildman–Crippen MR) is 80.8 cm³/mol. The van der Waals surface area contributed by atoms with Crippen LogP contribution in [0.4, 0.5) is 0 Å². The topological polar surface area (TPSA) is 65.0 Å². The standard InChI is InChI=1S/C15H32N2O3/c1-14(2)10-16-11-15(4-3-9-20-13-15)12-17(5-7-18)6-8-19/h14,16,18-19H,3-13H2,1-2H3. The second-order valence-corrected chi connectivity index (χ2v) is 6.40. The fourth-order valence-electron chi connectivity index (χ4n) is 2.88. The molecular weight excluding hydrogens is 256 g/mol. The second kappa shape index (κ2) is 9.68. The van der Waals surface area contributed by atoms with E-state index in [1.165, 1.54) is 0 Å². The minimum absolute atomic E-state index is 0.109. The maximum atomic E-state index is 9.16. The molecule has 0 aliphatic carbocycles. The average molecular weight is 288 g/mol. The quantitative estimate of drug-likeness (QED) is 0.540. The van der Waals surface area contributed by atoms with Crippen molar-refractivity contribution < 1.29 is 14.9 Å². The molecule has 1 atom stereocenters. The highest BCUT2D eigenvalue weighted by molar-refractivity contribution is 4.87. The molecule has 20 heavy (non-hydrogen) atoms. The molecule has 1 aliphatic rings. The van der Waals surface area contributed by atoms with Crippen LogP contribution in [-0.2, 0) is 4.74 Å². The summed E-state index contributed by atoms with van der Waals surface area (Å²) in [7, 11) is 0. The molecule has 0 saturated carbocycles. The third kappa shape index (κ3) is 6.50. The Hall–Kier alpha value is -0.200. The minimum atomic E-state index is 0.109. The lowest BCUT2D eigenvalue weighted by Crippen LogP contribution is -2.50. The molecule has 3 N–H and O–H groups in total. The minimum Gasteiger partial charge on any atom is -0.395 e. The summed E-state index contributed by atoms with van der Waals surface area (Å²) >= 11 is 0. The molecule has 0 aromatic rings. The lowest BCUT2D eigenvalue weighted by atomic mass is 9.81. The molecule has 1 fully saturated rings. The van der Waals surface area contributed by atoms with Crippen LogP contribution in [0.1, 0.15) is 26.7 Å². The molecule has 1 heterocycles. The summed E-state index contributed by atoms with van der Waals surface area (Å²) in [5.41, 5.74) is 0.109. The summed E-state index contributed by atoms with van der Waals surface area (Å²) in [6, 6.07) is 0. The van der Waals surface area contributed by atoms with E-state index in [9.17, 15) is 0 Å². The zero-order valence-corrected chi connectivity index (χ0v) is 13.1. The largest absolute Gasteiger partial charge is 0.395 e.